The predicted octanol–water partition coefficient (Wildman–Crippen LogP) is 3.99. The Hall–Kier alpha value is -2.97. The van der Waals surface area contributed by atoms with Gasteiger partial charge in [-0.25, -0.2) is 4.79 Å². The largest absolute Gasteiger partial charge is 0.489 e. The topological polar surface area (TPSA) is 68.5 Å². The number of hydrogen-bond acceptors (Lipinski definition) is 5. The Kier molecular flexibility index (Phi) is 5.22. The molecule has 1 aliphatic rings. The molecule has 1 aliphatic heterocycles. The first-order valence-corrected chi connectivity index (χ1v) is 8.03. The number of rotatable bonds is 3. The van der Waals surface area contributed by atoms with Crippen LogP contribution in [0.1, 0.15) is 17.5 Å². The highest BCUT2D eigenvalue weighted by molar-refractivity contribution is 6.32. The summed E-state index contributed by atoms with van der Waals surface area (Å²) in [5.74, 6) is 0.692. The van der Waals surface area contributed by atoms with Crippen molar-refractivity contribution in [1.82, 2.24) is 0 Å². The molecule has 25 heavy (non-hydrogen) atoms. The van der Waals surface area contributed by atoms with Crippen LogP contribution in [0.3, 0.4) is 0 Å². The van der Waals surface area contributed by atoms with Crippen molar-refractivity contribution in [3.05, 3.63) is 58.6 Å². The fourth-order valence-corrected chi connectivity index (χ4v) is 2.58. The van der Waals surface area contributed by atoms with Gasteiger partial charge in [-0.15, -0.1) is 0 Å². The molecular weight excluding hydrogens is 342 g/mol. The summed E-state index contributed by atoms with van der Waals surface area (Å²) in [7, 11) is 0. The fraction of sp³-hybridized carbons (Fsp3) is 0.158. The molecule has 0 atom stereocenters. The summed E-state index contributed by atoms with van der Waals surface area (Å²) in [5, 5.41) is 9.42. The molecule has 0 N–H and O–H groups in total. The molecule has 0 aromatic heterocycles. The number of hydrogen-bond donors (Lipinski definition) is 0. The van der Waals surface area contributed by atoms with Gasteiger partial charge in [0.1, 0.15) is 11.8 Å². The Morgan fingerprint density at radius 2 is 2.04 bits per heavy atom. The van der Waals surface area contributed by atoms with Crippen molar-refractivity contribution in [3.63, 3.8) is 0 Å². The third-order valence-corrected chi connectivity index (χ3v) is 3.74. The summed E-state index contributed by atoms with van der Waals surface area (Å²) < 4.78 is 16.4. The molecule has 0 amide bonds. The first-order valence-electron chi connectivity index (χ1n) is 7.65. The summed E-state index contributed by atoms with van der Waals surface area (Å²) in [6, 6.07) is 11.9. The summed E-state index contributed by atoms with van der Waals surface area (Å²) >= 11 is 6.21. The van der Waals surface area contributed by atoms with E-state index in [2.05, 4.69) is 0 Å². The zero-order chi connectivity index (χ0) is 17.6. The highest BCUT2D eigenvalue weighted by Crippen LogP contribution is 2.38. The lowest BCUT2D eigenvalue weighted by atomic mass is 10.2. The lowest BCUT2D eigenvalue weighted by molar-refractivity contribution is -0.128. The third-order valence-electron chi connectivity index (χ3n) is 3.45. The van der Waals surface area contributed by atoms with Gasteiger partial charge in [0.05, 0.1) is 23.8 Å². The number of benzene rings is 2. The Morgan fingerprint density at radius 3 is 2.88 bits per heavy atom. The molecular formula is C19H14ClNO4. The maximum absolute atomic E-state index is 12.0. The number of fused-ring (bicyclic) bond motifs is 1. The van der Waals surface area contributed by atoms with Crippen molar-refractivity contribution in [2.45, 2.75) is 6.42 Å². The van der Waals surface area contributed by atoms with Crippen molar-refractivity contribution in [1.29, 1.82) is 5.26 Å². The molecule has 2 aromatic carbocycles. The molecule has 0 radical (unpaired) electrons. The smallest absolute Gasteiger partial charge is 0.336 e. The third kappa shape index (κ3) is 4.11. The van der Waals surface area contributed by atoms with Crippen LogP contribution < -0.4 is 14.2 Å². The molecule has 0 fully saturated rings. The Balaban J connectivity index is 1.76. The lowest BCUT2D eigenvalue weighted by Gasteiger charge is -2.10. The van der Waals surface area contributed by atoms with E-state index in [1.54, 1.807) is 42.5 Å². The molecule has 0 saturated carbocycles. The molecule has 1 heterocycles. The van der Waals surface area contributed by atoms with Gasteiger partial charge in [0, 0.05) is 12.5 Å². The van der Waals surface area contributed by atoms with E-state index in [4.69, 9.17) is 31.1 Å². The van der Waals surface area contributed by atoms with Gasteiger partial charge in [-0.05, 0) is 35.9 Å². The van der Waals surface area contributed by atoms with Crippen molar-refractivity contribution >= 4 is 23.6 Å². The van der Waals surface area contributed by atoms with E-state index in [0.29, 0.717) is 40.9 Å². The summed E-state index contributed by atoms with van der Waals surface area (Å²) in [6.45, 7) is 1.09. The number of halogens is 1. The molecule has 0 unspecified atom stereocenters. The van der Waals surface area contributed by atoms with Crippen LogP contribution in [-0.2, 0) is 4.79 Å². The van der Waals surface area contributed by atoms with Gasteiger partial charge in [0.2, 0.25) is 0 Å². The first-order chi connectivity index (χ1) is 12.2. The molecule has 0 saturated heterocycles. The molecule has 6 heteroatoms. The number of nitriles is 1. The van der Waals surface area contributed by atoms with E-state index >= 15 is 0 Å². The highest BCUT2D eigenvalue weighted by atomic mass is 35.5. The minimum Gasteiger partial charge on any atom is -0.489 e. The standard InChI is InChI=1S/C19H14ClNO4/c20-15-10-13(11-17-19(15)24-9-3-8-23-17)6-7-18(22)25-16-5-2-1-4-14(16)12-21/h1-2,4-7,10-11H,3,8-9H2/b7-6+. The van der Waals surface area contributed by atoms with Crippen LogP contribution >= 0.6 is 11.6 Å². The minimum absolute atomic E-state index is 0.219. The van der Waals surface area contributed by atoms with Crippen LogP contribution in [0, 0.1) is 11.3 Å². The molecule has 3 rings (SSSR count). The fourth-order valence-electron chi connectivity index (χ4n) is 2.30. The zero-order valence-corrected chi connectivity index (χ0v) is 14.0. The molecule has 0 bridgehead atoms. The maximum Gasteiger partial charge on any atom is 0.336 e. The predicted molar refractivity (Wildman–Crippen MR) is 92.9 cm³/mol. The van der Waals surface area contributed by atoms with Crippen molar-refractivity contribution in [2.24, 2.45) is 0 Å². The van der Waals surface area contributed by atoms with E-state index in [1.807, 2.05) is 6.07 Å². The van der Waals surface area contributed by atoms with Crippen LogP contribution in [0.2, 0.25) is 5.02 Å². The van der Waals surface area contributed by atoms with Crippen LogP contribution in [0.5, 0.6) is 17.2 Å². The van der Waals surface area contributed by atoms with Crippen LogP contribution in [0.4, 0.5) is 0 Å². The highest BCUT2D eigenvalue weighted by Gasteiger charge is 2.15. The van der Waals surface area contributed by atoms with Crippen molar-refractivity contribution in [2.75, 3.05) is 13.2 Å². The molecule has 126 valence electrons. The second-order valence-electron chi connectivity index (χ2n) is 5.24. The van der Waals surface area contributed by atoms with E-state index in [-0.39, 0.29) is 5.75 Å². The van der Waals surface area contributed by atoms with Gasteiger partial charge in [0.25, 0.3) is 0 Å². The van der Waals surface area contributed by atoms with Gasteiger partial charge in [0.15, 0.2) is 11.5 Å². The zero-order valence-electron chi connectivity index (χ0n) is 13.2. The first kappa shape index (κ1) is 16.9. The van der Waals surface area contributed by atoms with Crippen molar-refractivity contribution < 1.29 is 19.0 Å². The molecule has 5 nitrogen and oxygen atoms in total. The Morgan fingerprint density at radius 1 is 1.24 bits per heavy atom. The maximum atomic E-state index is 12.0. The van der Waals surface area contributed by atoms with Gasteiger partial charge in [-0.2, -0.15) is 5.26 Å². The quantitative estimate of drug-likeness (QED) is 0.473. The van der Waals surface area contributed by atoms with E-state index < -0.39 is 5.97 Å². The van der Waals surface area contributed by atoms with E-state index in [9.17, 15) is 4.79 Å². The summed E-state index contributed by atoms with van der Waals surface area (Å²) in [6.07, 6.45) is 3.61. The van der Waals surface area contributed by atoms with Gasteiger partial charge in [-0.3, -0.25) is 0 Å². The van der Waals surface area contributed by atoms with Gasteiger partial charge < -0.3 is 14.2 Å². The van der Waals surface area contributed by atoms with Gasteiger partial charge in [-0.1, -0.05) is 23.7 Å². The Bertz CT molecular complexity index is 870. The summed E-state index contributed by atoms with van der Waals surface area (Å²) in [4.78, 5) is 12.0. The van der Waals surface area contributed by atoms with Crippen LogP contribution in [0.25, 0.3) is 6.08 Å². The monoisotopic (exact) mass is 355 g/mol. The SMILES string of the molecule is N#Cc1ccccc1OC(=O)/C=C/c1cc(Cl)c2c(c1)OCCCO2. The lowest BCUT2D eigenvalue weighted by Crippen LogP contribution is -2.04. The molecule has 0 aliphatic carbocycles. The summed E-state index contributed by atoms with van der Waals surface area (Å²) in [5.41, 5.74) is 0.975. The second kappa shape index (κ2) is 7.73. The van der Waals surface area contributed by atoms with Gasteiger partial charge >= 0.3 is 5.97 Å². The Labute approximate surface area is 150 Å². The number of ether oxygens (including phenoxy) is 3. The van der Waals surface area contributed by atoms with Crippen LogP contribution in [-0.4, -0.2) is 19.2 Å². The van der Waals surface area contributed by atoms with E-state index in [1.165, 1.54) is 6.08 Å². The normalized spacial score (nSPS) is 13.1. The number of carbonyl (C=O) groups excluding carboxylic acids is 1. The minimum atomic E-state index is -0.592. The molecule has 0 spiro atoms. The van der Waals surface area contributed by atoms with Crippen molar-refractivity contribution in [3.8, 4) is 23.3 Å². The number of para-hydroxylation sites is 1. The number of nitrogens with zero attached hydrogens (tertiary/aromatic N) is 1. The average molecular weight is 356 g/mol. The molecule has 2 aromatic rings. The number of esters is 1. The van der Waals surface area contributed by atoms with Crippen LogP contribution in [0.15, 0.2) is 42.5 Å². The number of carbonyl (C=O) groups is 1. The second-order valence-corrected chi connectivity index (χ2v) is 5.65. The van der Waals surface area contributed by atoms with E-state index in [0.717, 1.165) is 6.42 Å². The average Bonchev–Trinajstić information content (AvgIpc) is 2.86.